The largest absolute Gasteiger partial charge is 0.352 e. The van der Waals surface area contributed by atoms with Gasteiger partial charge in [0.05, 0.1) is 5.75 Å². The first-order valence-electron chi connectivity index (χ1n) is 9.43. The van der Waals surface area contributed by atoms with Gasteiger partial charge in [0.15, 0.2) is 0 Å². The second-order valence-corrected chi connectivity index (χ2v) is 8.16. The lowest BCUT2D eigenvalue weighted by Gasteiger charge is -2.30. The molecule has 0 radical (unpaired) electrons. The van der Waals surface area contributed by atoms with Gasteiger partial charge in [-0.15, -0.1) is 11.8 Å². The summed E-state index contributed by atoms with van der Waals surface area (Å²) >= 11 is 7.76. The van der Waals surface area contributed by atoms with Crippen LogP contribution in [0, 0.1) is 0 Å². The molecule has 0 bridgehead atoms. The van der Waals surface area contributed by atoms with E-state index in [2.05, 4.69) is 5.32 Å². The zero-order valence-electron chi connectivity index (χ0n) is 16.5. The van der Waals surface area contributed by atoms with Gasteiger partial charge in [-0.2, -0.15) is 0 Å². The average molecular weight is 419 g/mol. The first kappa shape index (κ1) is 22.3. The highest BCUT2D eigenvalue weighted by Crippen LogP contribution is 2.22. The van der Waals surface area contributed by atoms with Gasteiger partial charge < -0.3 is 10.2 Å². The van der Waals surface area contributed by atoms with Gasteiger partial charge in [0.2, 0.25) is 11.8 Å². The SMILES string of the molecule is CC[C@H](C)NC(=O)[C@@H](C)N(Cc1ccccc1Cl)C(=O)CSc1ccccc1. The number of nitrogens with one attached hydrogen (secondary N) is 1. The molecule has 0 fully saturated rings. The number of carbonyl (C=O) groups is 2. The van der Waals surface area contributed by atoms with Gasteiger partial charge in [-0.25, -0.2) is 0 Å². The van der Waals surface area contributed by atoms with E-state index in [0.717, 1.165) is 16.9 Å². The van der Waals surface area contributed by atoms with Crippen LogP contribution in [0.5, 0.6) is 0 Å². The van der Waals surface area contributed by atoms with Crippen LogP contribution in [0.25, 0.3) is 0 Å². The van der Waals surface area contributed by atoms with Crippen LogP contribution in [0.15, 0.2) is 59.5 Å². The Balaban J connectivity index is 2.15. The van der Waals surface area contributed by atoms with Crippen molar-refractivity contribution in [1.29, 1.82) is 0 Å². The van der Waals surface area contributed by atoms with Crippen molar-refractivity contribution in [1.82, 2.24) is 10.2 Å². The van der Waals surface area contributed by atoms with E-state index in [9.17, 15) is 9.59 Å². The van der Waals surface area contributed by atoms with Crippen molar-refractivity contribution in [2.75, 3.05) is 5.75 Å². The summed E-state index contributed by atoms with van der Waals surface area (Å²) < 4.78 is 0. The number of rotatable bonds is 9. The molecule has 0 aliphatic rings. The standard InChI is InChI=1S/C22H27ClN2O2S/c1-4-16(2)24-22(27)17(3)25(14-18-10-8-9-13-20(18)23)21(26)15-28-19-11-6-5-7-12-19/h5-13,16-17H,4,14-15H2,1-3H3,(H,24,27)/t16-,17+/m0/s1. The van der Waals surface area contributed by atoms with Crippen molar-refractivity contribution in [3.8, 4) is 0 Å². The maximum Gasteiger partial charge on any atom is 0.242 e. The molecule has 0 aromatic heterocycles. The monoisotopic (exact) mass is 418 g/mol. The Morgan fingerprint density at radius 3 is 2.36 bits per heavy atom. The third kappa shape index (κ3) is 6.57. The van der Waals surface area contributed by atoms with Crippen LogP contribution in [0.2, 0.25) is 5.02 Å². The van der Waals surface area contributed by atoms with E-state index in [1.165, 1.54) is 11.8 Å². The molecule has 2 atom stereocenters. The van der Waals surface area contributed by atoms with Crippen molar-refractivity contribution < 1.29 is 9.59 Å². The Bertz CT molecular complexity index is 785. The molecule has 0 unspecified atom stereocenters. The number of hydrogen-bond acceptors (Lipinski definition) is 3. The van der Waals surface area contributed by atoms with Crippen molar-refractivity contribution in [2.24, 2.45) is 0 Å². The molecule has 2 rings (SSSR count). The first-order valence-corrected chi connectivity index (χ1v) is 10.8. The second kappa shape index (κ2) is 11.1. The van der Waals surface area contributed by atoms with Crippen LogP contribution in [-0.4, -0.2) is 34.6 Å². The average Bonchev–Trinajstić information content (AvgIpc) is 2.71. The zero-order chi connectivity index (χ0) is 20.5. The molecular weight excluding hydrogens is 392 g/mol. The summed E-state index contributed by atoms with van der Waals surface area (Å²) in [7, 11) is 0. The Hall–Kier alpha value is -1.98. The topological polar surface area (TPSA) is 49.4 Å². The minimum absolute atomic E-state index is 0.0610. The summed E-state index contributed by atoms with van der Waals surface area (Å²) in [5.74, 6) is 0.00938. The third-order valence-electron chi connectivity index (χ3n) is 4.57. The van der Waals surface area contributed by atoms with E-state index in [1.54, 1.807) is 17.9 Å². The highest BCUT2D eigenvalue weighted by Gasteiger charge is 2.27. The molecule has 2 aromatic rings. The maximum absolute atomic E-state index is 13.0. The van der Waals surface area contributed by atoms with Crippen LogP contribution in [0.1, 0.15) is 32.8 Å². The van der Waals surface area contributed by atoms with Gasteiger partial charge in [-0.1, -0.05) is 54.9 Å². The Labute approximate surface area is 176 Å². The number of benzene rings is 2. The van der Waals surface area contributed by atoms with Gasteiger partial charge >= 0.3 is 0 Å². The summed E-state index contributed by atoms with van der Waals surface area (Å²) in [6.45, 7) is 6.03. The second-order valence-electron chi connectivity index (χ2n) is 6.71. The van der Waals surface area contributed by atoms with Gasteiger partial charge in [0.25, 0.3) is 0 Å². The molecule has 0 saturated heterocycles. The minimum atomic E-state index is -0.589. The fraction of sp³-hybridized carbons (Fsp3) is 0.364. The lowest BCUT2D eigenvalue weighted by Crippen LogP contribution is -2.50. The molecule has 150 valence electrons. The summed E-state index contributed by atoms with van der Waals surface area (Å²) in [6, 6.07) is 16.6. The van der Waals surface area contributed by atoms with Crippen LogP contribution >= 0.6 is 23.4 Å². The fourth-order valence-corrected chi connectivity index (χ4v) is 3.60. The number of thioether (sulfide) groups is 1. The van der Waals surface area contributed by atoms with Crippen molar-refractivity contribution in [3.05, 3.63) is 65.2 Å². The van der Waals surface area contributed by atoms with Crippen molar-refractivity contribution in [3.63, 3.8) is 0 Å². The molecule has 0 aliphatic heterocycles. The van der Waals surface area contributed by atoms with E-state index in [4.69, 9.17) is 11.6 Å². The van der Waals surface area contributed by atoms with E-state index in [-0.39, 0.29) is 23.6 Å². The molecule has 0 saturated carbocycles. The molecule has 0 spiro atoms. The Morgan fingerprint density at radius 1 is 1.07 bits per heavy atom. The molecule has 1 N–H and O–H groups in total. The molecule has 4 nitrogen and oxygen atoms in total. The molecule has 28 heavy (non-hydrogen) atoms. The van der Waals surface area contributed by atoms with Crippen LogP contribution < -0.4 is 5.32 Å². The first-order chi connectivity index (χ1) is 13.4. The maximum atomic E-state index is 13.0. The Morgan fingerprint density at radius 2 is 1.71 bits per heavy atom. The van der Waals surface area contributed by atoms with Gasteiger partial charge in [0.1, 0.15) is 6.04 Å². The molecule has 2 amide bonds. The van der Waals surface area contributed by atoms with Crippen LogP contribution in [0.3, 0.4) is 0 Å². The highest BCUT2D eigenvalue weighted by molar-refractivity contribution is 8.00. The van der Waals surface area contributed by atoms with E-state index < -0.39 is 6.04 Å². The van der Waals surface area contributed by atoms with Crippen molar-refractivity contribution >= 4 is 35.2 Å². The zero-order valence-corrected chi connectivity index (χ0v) is 18.1. The van der Waals surface area contributed by atoms with Crippen molar-refractivity contribution in [2.45, 2.75) is 50.7 Å². The summed E-state index contributed by atoms with van der Waals surface area (Å²) in [5, 5.41) is 3.55. The molecule has 0 heterocycles. The lowest BCUT2D eigenvalue weighted by molar-refractivity contribution is -0.138. The minimum Gasteiger partial charge on any atom is -0.352 e. The van der Waals surface area contributed by atoms with Gasteiger partial charge in [-0.05, 0) is 44.0 Å². The lowest BCUT2D eigenvalue weighted by atomic mass is 10.1. The molecule has 2 aromatic carbocycles. The van der Waals surface area contributed by atoms with Crippen LogP contribution in [0.4, 0.5) is 0 Å². The number of carbonyl (C=O) groups excluding carboxylic acids is 2. The number of nitrogens with zero attached hydrogens (tertiary/aromatic N) is 1. The fourth-order valence-electron chi connectivity index (χ4n) is 2.60. The van der Waals surface area contributed by atoms with Gasteiger partial charge in [-0.3, -0.25) is 9.59 Å². The quantitative estimate of drug-likeness (QED) is 0.597. The van der Waals surface area contributed by atoms with E-state index in [0.29, 0.717) is 11.6 Å². The van der Waals surface area contributed by atoms with Gasteiger partial charge in [0, 0.05) is 22.5 Å². The predicted molar refractivity (Wildman–Crippen MR) is 117 cm³/mol. The molecular formula is C22H27ClN2O2S. The molecule has 0 aliphatic carbocycles. The van der Waals surface area contributed by atoms with Crippen LogP contribution in [-0.2, 0) is 16.1 Å². The number of amides is 2. The molecule has 6 heteroatoms. The third-order valence-corrected chi connectivity index (χ3v) is 5.94. The summed E-state index contributed by atoms with van der Waals surface area (Å²) in [5.41, 5.74) is 0.824. The normalized spacial score (nSPS) is 12.9. The number of hydrogen-bond donors (Lipinski definition) is 1. The number of halogens is 1. The van der Waals surface area contributed by atoms with E-state index >= 15 is 0 Å². The Kier molecular flexibility index (Phi) is 8.87. The van der Waals surface area contributed by atoms with E-state index in [1.807, 2.05) is 62.4 Å². The highest BCUT2D eigenvalue weighted by atomic mass is 35.5. The summed E-state index contributed by atoms with van der Waals surface area (Å²) in [6.07, 6.45) is 0.834. The predicted octanol–water partition coefficient (Wildman–Crippen LogP) is 4.76. The smallest absolute Gasteiger partial charge is 0.242 e. The summed E-state index contributed by atoms with van der Waals surface area (Å²) in [4.78, 5) is 28.3.